The number of para-hydroxylation sites is 1. The number of carbonyl (C=O) groups excluding carboxylic acids is 2. The third-order valence-corrected chi connectivity index (χ3v) is 6.06. The van der Waals surface area contributed by atoms with Gasteiger partial charge in [-0.2, -0.15) is 0 Å². The molecule has 2 rings (SSSR count). The lowest BCUT2D eigenvalue weighted by atomic mass is 9.97. The molecule has 6 nitrogen and oxygen atoms in total. The number of thiocarbonyl (C=S) groups is 1. The first-order valence-corrected chi connectivity index (χ1v) is 11.2. The highest BCUT2D eigenvalue weighted by atomic mass is 32.1. The predicted molar refractivity (Wildman–Crippen MR) is 126 cm³/mol. The van der Waals surface area contributed by atoms with Crippen LogP contribution in [0.15, 0.2) is 24.3 Å². The number of rotatable bonds is 8. The van der Waals surface area contributed by atoms with Gasteiger partial charge < -0.3 is 20.1 Å². The maximum Gasteiger partial charge on any atom is 0.348 e. The first kappa shape index (κ1) is 23.8. The highest BCUT2D eigenvalue weighted by Crippen LogP contribution is 2.35. The zero-order valence-corrected chi connectivity index (χ0v) is 19.6. The van der Waals surface area contributed by atoms with Crippen LogP contribution in [0.4, 0.5) is 10.7 Å². The Balaban J connectivity index is 2.33. The van der Waals surface area contributed by atoms with E-state index < -0.39 is 11.9 Å². The van der Waals surface area contributed by atoms with E-state index in [1.807, 2.05) is 18.2 Å². The highest BCUT2D eigenvalue weighted by molar-refractivity contribution is 7.80. The van der Waals surface area contributed by atoms with Crippen LogP contribution in [0.1, 0.15) is 71.2 Å². The molecular formula is C22H28N2O4S2. The molecule has 0 aliphatic rings. The molecule has 0 fully saturated rings. The molecule has 1 atom stereocenters. The first-order valence-electron chi connectivity index (χ1n) is 9.98. The Morgan fingerprint density at radius 2 is 1.70 bits per heavy atom. The normalized spacial score (nSPS) is 11.5. The number of anilines is 2. The molecule has 0 aliphatic carbocycles. The summed E-state index contributed by atoms with van der Waals surface area (Å²) in [6.07, 6.45) is 0.999. The van der Waals surface area contributed by atoms with Crippen molar-refractivity contribution in [2.45, 2.75) is 47.0 Å². The molecule has 8 heteroatoms. The second-order valence-electron chi connectivity index (χ2n) is 6.68. The molecule has 1 heterocycles. The number of nitrogens with one attached hydrogen (secondary N) is 2. The second-order valence-corrected chi connectivity index (χ2v) is 8.11. The number of esters is 2. The molecular weight excluding hydrogens is 420 g/mol. The molecule has 1 aromatic carbocycles. The Morgan fingerprint density at radius 1 is 1.07 bits per heavy atom. The molecule has 0 amide bonds. The summed E-state index contributed by atoms with van der Waals surface area (Å²) >= 11 is 6.63. The van der Waals surface area contributed by atoms with Crippen molar-refractivity contribution in [2.75, 3.05) is 23.8 Å². The van der Waals surface area contributed by atoms with Gasteiger partial charge in [0.15, 0.2) is 5.11 Å². The molecule has 1 unspecified atom stereocenters. The fourth-order valence-corrected chi connectivity index (χ4v) is 4.33. The summed E-state index contributed by atoms with van der Waals surface area (Å²) in [5, 5.41) is 7.06. The summed E-state index contributed by atoms with van der Waals surface area (Å²) in [6, 6.07) is 7.97. The van der Waals surface area contributed by atoms with Crippen molar-refractivity contribution in [2.24, 2.45) is 0 Å². The Kier molecular flexibility index (Phi) is 8.80. The predicted octanol–water partition coefficient (Wildman–Crippen LogP) is 5.73. The fraction of sp³-hybridized carbons (Fsp3) is 0.409. The molecule has 2 aromatic rings. The summed E-state index contributed by atoms with van der Waals surface area (Å²) in [4.78, 5) is 25.2. The molecule has 0 saturated heterocycles. The van der Waals surface area contributed by atoms with E-state index in [1.165, 1.54) is 0 Å². The topological polar surface area (TPSA) is 76.7 Å². The van der Waals surface area contributed by atoms with Crippen LogP contribution in [-0.4, -0.2) is 30.3 Å². The maximum atomic E-state index is 12.5. The van der Waals surface area contributed by atoms with Crippen LogP contribution >= 0.6 is 23.6 Å². The molecule has 0 bridgehead atoms. The average Bonchev–Trinajstić information content (AvgIpc) is 3.04. The van der Waals surface area contributed by atoms with Crippen LogP contribution < -0.4 is 10.6 Å². The third kappa shape index (κ3) is 5.58. The quantitative estimate of drug-likeness (QED) is 0.394. The lowest BCUT2D eigenvalue weighted by molar-refractivity contribution is 0.0527. The number of hydrogen-bond acceptors (Lipinski definition) is 6. The minimum atomic E-state index is -0.507. The van der Waals surface area contributed by atoms with Gasteiger partial charge >= 0.3 is 11.9 Å². The van der Waals surface area contributed by atoms with Crippen molar-refractivity contribution in [1.29, 1.82) is 0 Å². The van der Waals surface area contributed by atoms with E-state index in [9.17, 15) is 9.59 Å². The van der Waals surface area contributed by atoms with E-state index in [2.05, 4.69) is 30.5 Å². The molecule has 30 heavy (non-hydrogen) atoms. The van der Waals surface area contributed by atoms with Gasteiger partial charge in [0.2, 0.25) is 0 Å². The number of benzene rings is 1. The van der Waals surface area contributed by atoms with Crippen molar-refractivity contribution in [3.8, 4) is 0 Å². The number of hydrogen-bond donors (Lipinski definition) is 2. The van der Waals surface area contributed by atoms with Gasteiger partial charge in [0.25, 0.3) is 0 Å². The summed E-state index contributed by atoms with van der Waals surface area (Å²) < 4.78 is 10.3. The molecule has 0 aliphatic heterocycles. The Labute approximate surface area is 187 Å². The van der Waals surface area contributed by atoms with E-state index in [0.29, 0.717) is 32.0 Å². The molecule has 162 valence electrons. The van der Waals surface area contributed by atoms with Crippen LogP contribution in [0.3, 0.4) is 0 Å². The van der Waals surface area contributed by atoms with Gasteiger partial charge in [-0.05, 0) is 62.5 Å². The lowest BCUT2D eigenvalue weighted by Gasteiger charge is -2.17. The monoisotopic (exact) mass is 448 g/mol. The zero-order valence-electron chi connectivity index (χ0n) is 18.0. The van der Waals surface area contributed by atoms with Crippen molar-refractivity contribution in [1.82, 2.24) is 0 Å². The standard InChI is InChI=1S/C22H28N2O4S2/c1-6-13(4)15-11-9-10-12-16(15)23-22(29)24-19-17(20(25)27-7-2)14(5)18(30-19)21(26)28-8-3/h9-13H,6-8H2,1-5H3,(H2,23,24,29). The smallest absolute Gasteiger partial charge is 0.348 e. The fourth-order valence-electron chi connectivity index (χ4n) is 2.96. The third-order valence-electron chi connectivity index (χ3n) is 4.67. The van der Waals surface area contributed by atoms with Gasteiger partial charge in [0, 0.05) is 5.69 Å². The number of carbonyl (C=O) groups is 2. The van der Waals surface area contributed by atoms with Crippen LogP contribution in [0.2, 0.25) is 0 Å². The molecule has 0 radical (unpaired) electrons. The number of ether oxygens (including phenoxy) is 2. The second kappa shape index (κ2) is 11.1. The van der Waals surface area contributed by atoms with Crippen LogP contribution in [-0.2, 0) is 9.47 Å². The van der Waals surface area contributed by atoms with Crippen molar-refractivity contribution < 1.29 is 19.1 Å². The summed E-state index contributed by atoms with van der Waals surface area (Å²) in [7, 11) is 0. The SMILES string of the molecule is CCOC(=O)c1sc(NC(=S)Nc2ccccc2C(C)CC)c(C(=O)OCC)c1C. The Hall–Kier alpha value is -2.45. The minimum Gasteiger partial charge on any atom is -0.462 e. The van der Waals surface area contributed by atoms with Gasteiger partial charge in [-0.1, -0.05) is 32.0 Å². The Morgan fingerprint density at radius 3 is 2.33 bits per heavy atom. The van der Waals surface area contributed by atoms with Gasteiger partial charge in [0.05, 0.1) is 18.8 Å². The van der Waals surface area contributed by atoms with Crippen LogP contribution in [0.25, 0.3) is 0 Å². The van der Waals surface area contributed by atoms with Crippen molar-refractivity contribution in [3.63, 3.8) is 0 Å². The van der Waals surface area contributed by atoms with E-state index in [4.69, 9.17) is 21.7 Å². The van der Waals surface area contributed by atoms with E-state index >= 15 is 0 Å². The average molecular weight is 449 g/mol. The van der Waals surface area contributed by atoms with Crippen LogP contribution in [0, 0.1) is 6.92 Å². The van der Waals surface area contributed by atoms with Crippen molar-refractivity contribution >= 4 is 51.3 Å². The zero-order chi connectivity index (χ0) is 22.3. The van der Waals surface area contributed by atoms with E-state index in [-0.39, 0.29) is 13.2 Å². The molecule has 0 saturated carbocycles. The Bertz CT molecular complexity index is 924. The van der Waals surface area contributed by atoms with Gasteiger partial charge in [-0.15, -0.1) is 11.3 Å². The maximum absolute atomic E-state index is 12.5. The first-order chi connectivity index (χ1) is 14.3. The van der Waals surface area contributed by atoms with Gasteiger partial charge in [-0.25, -0.2) is 9.59 Å². The van der Waals surface area contributed by atoms with Gasteiger partial charge in [0.1, 0.15) is 9.88 Å². The molecule has 0 spiro atoms. The van der Waals surface area contributed by atoms with E-state index in [0.717, 1.165) is 29.0 Å². The number of thiophene rings is 1. The summed E-state index contributed by atoms with van der Waals surface area (Å²) in [6.45, 7) is 9.94. The van der Waals surface area contributed by atoms with E-state index in [1.54, 1.807) is 20.8 Å². The minimum absolute atomic E-state index is 0.229. The van der Waals surface area contributed by atoms with Gasteiger partial charge in [-0.3, -0.25) is 0 Å². The van der Waals surface area contributed by atoms with Crippen LogP contribution in [0.5, 0.6) is 0 Å². The summed E-state index contributed by atoms with van der Waals surface area (Å²) in [5.41, 5.74) is 2.87. The largest absolute Gasteiger partial charge is 0.462 e. The van der Waals surface area contributed by atoms with Crippen molar-refractivity contribution in [3.05, 3.63) is 45.8 Å². The summed E-state index contributed by atoms with van der Waals surface area (Å²) in [5.74, 6) is -0.613. The molecule has 1 aromatic heterocycles. The molecule has 2 N–H and O–H groups in total. The lowest BCUT2D eigenvalue weighted by Crippen LogP contribution is -2.21. The highest BCUT2D eigenvalue weighted by Gasteiger charge is 2.27.